The third-order valence-corrected chi connectivity index (χ3v) is 5.58. The molecule has 1 N–H and O–H groups in total. The summed E-state index contributed by atoms with van der Waals surface area (Å²) in [7, 11) is -0.473. The van der Waals surface area contributed by atoms with Crippen molar-refractivity contribution in [1.82, 2.24) is 4.90 Å². The van der Waals surface area contributed by atoms with Crippen LogP contribution in [0.4, 0.5) is 5.69 Å². The average Bonchev–Trinajstić information content (AvgIpc) is 2.93. The molecule has 0 saturated carbocycles. The lowest BCUT2D eigenvalue weighted by Crippen LogP contribution is -2.43. The zero-order valence-electron chi connectivity index (χ0n) is 13.3. The summed E-state index contributed by atoms with van der Waals surface area (Å²) in [5, 5.41) is 2.42. The number of ether oxygens (including phenoxy) is 1. The number of esters is 1. The molecule has 24 heavy (non-hydrogen) atoms. The number of benzene rings is 1. The molecular formula is C15H18N2O6S. The third kappa shape index (κ3) is 4.10. The molecule has 0 aromatic heterocycles. The minimum absolute atomic E-state index is 0.0197. The number of likely N-dealkylation sites (N-methyl/N-ethyl adjacent to an activating group) is 1. The predicted octanol–water partition coefficient (Wildman–Crippen LogP) is 0.0572. The van der Waals surface area contributed by atoms with Crippen LogP contribution in [0.25, 0.3) is 0 Å². The van der Waals surface area contributed by atoms with Gasteiger partial charge >= 0.3 is 17.8 Å². The van der Waals surface area contributed by atoms with Crippen molar-refractivity contribution >= 4 is 33.3 Å². The van der Waals surface area contributed by atoms with Crippen LogP contribution in [0.5, 0.6) is 0 Å². The Morgan fingerprint density at radius 1 is 1.21 bits per heavy atom. The van der Waals surface area contributed by atoms with E-state index in [2.05, 4.69) is 10.1 Å². The van der Waals surface area contributed by atoms with E-state index >= 15 is 0 Å². The molecule has 9 heteroatoms. The first-order valence-electron chi connectivity index (χ1n) is 7.20. The van der Waals surface area contributed by atoms with E-state index in [-0.39, 0.29) is 11.5 Å². The maximum Gasteiger partial charge on any atom is 0.337 e. The SMILES string of the molecule is COC(=O)c1ccc(NC(=O)C(=O)N(C)C2CCS(=O)(=O)C2)cc1. The number of rotatable bonds is 3. The van der Waals surface area contributed by atoms with Gasteiger partial charge in [-0.05, 0) is 30.7 Å². The number of nitrogens with zero attached hydrogens (tertiary/aromatic N) is 1. The lowest BCUT2D eigenvalue weighted by Gasteiger charge is -2.22. The Balaban J connectivity index is 1.98. The van der Waals surface area contributed by atoms with Gasteiger partial charge in [0.1, 0.15) is 0 Å². The van der Waals surface area contributed by atoms with Crippen molar-refractivity contribution in [1.29, 1.82) is 0 Å². The Hall–Kier alpha value is -2.42. The summed E-state index contributed by atoms with van der Waals surface area (Å²) in [6, 6.07) is 5.36. The van der Waals surface area contributed by atoms with Gasteiger partial charge in [0, 0.05) is 18.8 Å². The second-order valence-electron chi connectivity index (χ2n) is 5.50. The molecule has 1 unspecified atom stereocenters. The van der Waals surface area contributed by atoms with E-state index in [1.807, 2.05) is 0 Å². The number of sulfone groups is 1. The second-order valence-corrected chi connectivity index (χ2v) is 7.72. The highest BCUT2D eigenvalue weighted by Gasteiger charge is 2.34. The first-order valence-corrected chi connectivity index (χ1v) is 9.02. The Labute approximate surface area is 139 Å². The first-order chi connectivity index (χ1) is 11.2. The lowest BCUT2D eigenvalue weighted by molar-refractivity contribution is -0.143. The van der Waals surface area contributed by atoms with E-state index in [0.29, 0.717) is 17.7 Å². The van der Waals surface area contributed by atoms with Gasteiger partial charge in [-0.2, -0.15) is 0 Å². The number of carbonyl (C=O) groups is 3. The number of carbonyl (C=O) groups excluding carboxylic acids is 3. The molecule has 1 aromatic carbocycles. The third-order valence-electron chi connectivity index (χ3n) is 3.83. The standard InChI is InChI=1S/C15H18N2O6S/c1-17(12-7-8-24(21,22)9-12)14(19)13(18)16-11-5-3-10(4-6-11)15(20)23-2/h3-6,12H,7-9H2,1-2H3,(H,16,18). The smallest absolute Gasteiger partial charge is 0.337 e. The van der Waals surface area contributed by atoms with E-state index in [1.165, 1.54) is 38.4 Å². The maximum atomic E-state index is 12.1. The van der Waals surface area contributed by atoms with Crippen molar-refractivity contribution in [3.63, 3.8) is 0 Å². The predicted molar refractivity (Wildman–Crippen MR) is 86.2 cm³/mol. The number of amides is 2. The highest BCUT2D eigenvalue weighted by Crippen LogP contribution is 2.17. The van der Waals surface area contributed by atoms with Crippen LogP contribution in [0.1, 0.15) is 16.8 Å². The van der Waals surface area contributed by atoms with Crippen LogP contribution >= 0.6 is 0 Å². The minimum atomic E-state index is -3.14. The average molecular weight is 354 g/mol. The Kier molecular flexibility index (Phi) is 5.23. The van der Waals surface area contributed by atoms with E-state index in [4.69, 9.17) is 0 Å². The van der Waals surface area contributed by atoms with Crippen molar-refractivity contribution in [2.24, 2.45) is 0 Å². The van der Waals surface area contributed by atoms with Crippen LogP contribution < -0.4 is 5.32 Å². The van der Waals surface area contributed by atoms with Gasteiger partial charge in [0.25, 0.3) is 0 Å². The Morgan fingerprint density at radius 3 is 2.33 bits per heavy atom. The summed E-state index contributed by atoms with van der Waals surface area (Å²) >= 11 is 0. The van der Waals surface area contributed by atoms with Gasteiger partial charge in [-0.15, -0.1) is 0 Å². The maximum absolute atomic E-state index is 12.1. The molecule has 1 aromatic rings. The molecule has 1 heterocycles. The number of hydrogen-bond acceptors (Lipinski definition) is 6. The van der Waals surface area contributed by atoms with Crippen molar-refractivity contribution in [2.45, 2.75) is 12.5 Å². The van der Waals surface area contributed by atoms with Crippen LogP contribution in [-0.2, 0) is 24.2 Å². The van der Waals surface area contributed by atoms with E-state index < -0.39 is 33.7 Å². The lowest BCUT2D eigenvalue weighted by atomic mass is 10.2. The number of hydrogen-bond donors (Lipinski definition) is 1. The van der Waals surface area contributed by atoms with Crippen molar-refractivity contribution in [3.05, 3.63) is 29.8 Å². The number of methoxy groups -OCH3 is 1. The summed E-state index contributed by atoms with van der Waals surface area (Å²) in [4.78, 5) is 36.6. The van der Waals surface area contributed by atoms with Crippen LogP contribution in [0.15, 0.2) is 24.3 Å². The summed E-state index contributed by atoms with van der Waals surface area (Å²) in [5.41, 5.74) is 0.656. The molecule has 8 nitrogen and oxygen atoms in total. The monoisotopic (exact) mass is 354 g/mol. The molecule has 1 aliphatic rings. The molecule has 1 fully saturated rings. The van der Waals surface area contributed by atoms with Crippen LogP contribution in [0, 0.1) is 0 Å². The topological polar surface area (TPSA) is 110 Å². The van der Waals surface area contributed by atoms with Crippen LogP contribution in [0.2, 0.25) is 0 Å². The van der Waals surface area contributed by atoms with Gasteiger partial charge in [0.2, 0.25) is 0 Å². The molecule has 0 radical (unpaired) electrons. The normalized spacial score (nSPS) is 18.7. The van der Waals surface area contributed by atoms with Crippen LogP contribution in [-0.4, -0.2) is 62.8 Å². The molecule has 130 valence electrons. The fourth-order valence-electron chi connectivity index (χ4n) is 2.40. The minimum Gasteiger partial charge on any atom is -0.465 e. The van der Waals surface area contributed by atoms with Gasteiger partial charge in [-0.1, -0.05) is 0 Å². The molecule has 2 amide bonds. The highest BCUT2D eigenvalue weighted by molar-refractivity contribution is 7.91. The molecule has 0 aliphatic carbocycles. The fraction of sp³-hybridized carbons (Fsp3) is 0.400. The van der Waals surface area contributed by atoms with Gasteiger partial charge in [-0.3, -0.25) is 9.59 Å². The van der Waals surface area contributed by atoms with Gasteiger partial charge in [0.15, 0.2) is 9.84 Å². The van der Waals surface area contributed by atoms with E-state index in [1.54, 1.807) is 0 Å². The van der Waals surface area contributed by atoms with E-state index in [0.717, 1.165) is 4.90 Å². The Morgan fingerprint density at radius 2 is 1.83 bits per heavy atom. The molecular weight excluding hydrogens is 336 g/mol. The van der Waals surface area contributed by atoms with Crippen molar-refractivity contribution in [3.8, 4) is 0 Å². The molecule has 0 spiro atoms. The largest absolute Gasteiger partial charge is 0.465 e. The van der Waals surface area contributed by atoms with Crippen molar-refractivity contribution < 1.29 is 27.5 Å². The molecule has 0 bridgehead atoms. The molecule has 1 atom stereocenters. The molecule has 2 rings (SSSR count). The zero-order valence-corrected chi connectivity index (χ0v) is 14.1. The molecule has 1 aliphatic heterocycles. The summed E-state index contributed by atoms with van der Waals surface area (Å²) in [6.07, 6.45) is 0.325. The summed E-state index contributed by atoms with van der Waals surface area (Å²) < 4.78 is 27.5. The van der Waals surface area contributed by atoms with Crippen LogP contribution in [0.3, 0.4) is 0 Å². The first kappa shape index (κ1) is 17.9. The number of anilines is 1. The number of nitrogens with one attached hydrogen (secondary N) is 1. The fourth-order valence-corrected chi connectivity index (χ4v) is 4.17. The molecule has 1 saturated heterocycles. The van der Waals surface area contributed by atoms with E-state index in [9.17, 15) is 22.8 Å². The van der Waals surface area contributed by atoms with Gasteiger partial charge in [0.05, 0.1) is 24.2 Å². The quantitative estimate of drug-likeness (QED) is 0.607. The zero-order chi connectivity index (χ0) is 17.9. The van der Waals surface area contributed by atoms with Crippen molar-refractivity contribution in [2.75, 3.05) is 31.0 Å². The summed E-state index contributed by atoms with van der Waals surface area (Å²) in [6.45, 7) is 0. The van der Waals surface area contributed by atoms with Gasteiger partial charge < -0.3 is 15.0 Å². The van der Waals surface area contributed by atoms with Gasteiger partial charge in [-0.25, -0.2) is 13.2 Å². The highest BCUT2D eigenvalue weighted by atomic mass is 32.2. The Bertz CT molecular complexity index is 757. The second kappa shape index (κ2) is 7.00. The summed E-state index contributed by atoms with van der Waals surface area (Å²) in [5.74, 6) is -2.30.